The fourth-order valence-corrected chi connectivity index (χ4v) is 12.0. The second kappa shape index (κ2) is 35.4. The number of ether oxygens (including phenoxy) is 4. The average Bonchev–Trinajstić information content (AvgIpc) is 3.41. The molecule has 10 nitrogen and oxygen atoms in total. The van der Waals surface area contributed by atoms with Gasteiger partial charge in [-0.2, -0.15) is 0 Å². The van der Waals surface area contributed by atoms with Crippen molar-refractivity contribution in [2.24, 2.45) is 0 Å². The number of allylic oxidation sites excluding steroid dienone is 3. The van der Waals surface area contributed by atoms with E-state index in [1.54, 1.807) is 17.4 Å². The van der Waals surface area contributed by atoms with Crippen molar-refractivity contribution in [1.82, 2.24) is 0 Å². The molecule has 5 aromatic rings. The molecule has 11 heteroatoms. The number of aliphatic hydroxyl groups is 3. The maximum absolute atomic E-state index is 12.5. The van der Waals surface area contributed by atoms with E-state index in [1.165, 1.54) is 61.7 Å². The molecular weight excluding hydrogens is 984 g/mol. The van der Waals surface area contributed by atoms with E-state index in [0.29, 0.717) is 38.4 Å². The third kappa shape index (κ3) is 22.1. The number of hydrogen-bond acceptors (Lipinski definition) is 10. The van der Waals surface area contributed by atoms with Crippen LogP contribution in [0.25, 0.3) is 0 Å². The first kappa shape index (κ1) is 61.9. The van der Waals surface area contributed by atoms with Crippen LogP contribution in [0, 0.1) is 0 Å². The van der Waals surface area contributed by atoms with Crippen molar-refractivity contribution >= 4 is 46.3 Å². The van der Waals surface area contributed by atoms with Gasteiger partial charge in [-0.3, -0.25) is 4.79 Å². The average molecular weight is 1070 g/mol. The topological polar surface area (TPSA) is 149 Å². The Morgan fingerprint density at radius 3 is 1.27 bits per heavy atom. The molecule has 0 amide bonds. The standard InChI is InChI=1S/C22H21O2P.C13H18O3.C13H16O.C8H12O2.C6H10O.C4H6O/c1-2-24-22(23)18-25(19-12-6-3-7-13-19,20-14-8-4-9-15-20)21-16-10-5-11-17-21;14-12(13(15)7-4-8-13)10-16-9-11-5-2-1-3-6-11;1-2-5-13(6-3-1)11-14-10-9-12-7-4-8-12;1-2-10-8(9)6-7-4-3-5-7;7-5-4-6-2-1-3-6;5-4-2-1-3-4/h3-18H,2H2,1H3;1-3,5-6,12,14-15H,4,7-10H2;1-3,5-6,9H,4,7-8,10-11H2;6H,2-5H2,1H3;4,7H,1-3,5H2;1-3H2. The molecular formula is C66H83O10P. The van der Waals surface area contributed by atoms with Crippen LogP contribution in [-0.4, -0.2) is 83.6 Å². The molecule has 5 saturated carbocycles. The predicted octanol–water partition coefficient (Wildman–Crippen LogP) is 11.6. The van der Waals surface area contributed by atoms with Crippen molar-refractivity contribution in [2.75, 3.05) is 33.0 Å². The first-order chi connectivity index (χ1) is 37.6. The van der Waals surface area contributed by atoms with Crippen LogP contribution in [0.4, 0.5) is 0 Å². The van der Waals surface area contributed by atoms with E-state index in [1.807, 2.05) is 123 Å². The molecule has 0 bridgehead atoms. The molecule has 5 fully saturated rings. The fraction of sp³-hybridized carbons (Fsp3) is 0.394. The molecule has 0 spiro atoms. The van der Waals surface area contributed by atoms with Gasteiger partial charge in [0.05, 0.1) is 51.8 Å². The molecule has 0 aromatic heterocycles. The molecule has 5 aromatic carbocycles. The Morgan fingerprint density at radius 1 is 0.545 bits per heavy atom. The highest BCUT2D eigenvalue weighted by atomic mass is 31.2. The zero-order valence-electron chi connectivity index (χ0n) is 45.5. The van der Waals surface area contributed by atoms with E-state index in [0.717, 1.165) is 73.2 Å². The Hall–Kier alpha value is -5.97. The number of carbonyl (C=O) groups is 3. The summed E-state index contributed by atoms with van der Waals surface area (Å²) in [5.41, 5.74) is 5.67. The Kier molecular flexibility index (Phi) is 28.5. The summed E-state index contributed by atoms with van der Waals surface area (Å²) in [6.07, 6.45) is 21.3. The number of aliphatic hydroxyl groups excluding tert-OH is 2. The van der Waals surface area contributed by atoms with Gasteiger partial charge in [-0.25, -0.2) is 9.59 Å². The van der Waals surface area contributed by atoms with Crippen LogP contribution in [0.15, 0.2) is 187 Å². The molecule has 3 N–H and O–H groups in total. The molecule has 0 saturated heterocycles. The van der Waals surface area contributed by atoms with Crippen LogP contribution in [-0.2, 0) is 46.5 Å². The minimum absolute atomic E-state index is 0.183. The lowest BCUT2D eigenvalue weighted by atomic mass is 9.76. The SMILES string of the molecule is C(COCc1ccccc1)=C1CCC1.CCOC(=O)C=C1CCC1.CCOC(=O)C=P(c1ccccc1)(c1ccccc1)c1ccccc1.O=C1CCC1.OC(COCc1ccccc1)C1(O)CCC1.OCC=C1CCC1. The highest BCUT2D eigenvalue weighted by Crippen LogP contribution is 2.43. The summed E-state index contributed by atoms with van der Waals surface area (Å²) >= 11 is 0. The van der Waals surface area contributed by atoms with Gasteiger partial charge in [0.2, 0.25) is 0 Å². The molecule has 0 heterocycles. The number of ketones is 1. The van der Waals surface area contributed by atoms with E-state index >= 15 is 0 Å². The molecule has 0 radical (unpaired) electrons. The highest BCUT2D eigenvalue weighted by Gasteiger charge is 2.41. The zero-order valence-corrected chi connectivity index (χ0v) is 46.4. The van der Waals surface area contributed by atoms with Crippen molar-refractivity contribution in [3.05, 3.63) is 198 Å². The molecule has 0 aliphatic heterocycles. The van der Waals surface area contributed by atoms with Gasteiger partial charge in [-0.05, 0) is 131 Å². The Bertz CT molecular complexity index is 2480. The van der Waals surface area contributed by atoms with Gasteiger partial charge >= 0.3 is 11.9 Å². The van der Waals surface area contributed by atoms with Crippen LogP contribution >= 0.6 is 6.89 Å². The quantitative estimate of drug-likeness (QED) is 0.0270. The summed E-state index contributed by atoms with van der Waals surface area (Å²) in [5.74, 6) is 1.78. The van der Waals surface area contributed by atoms with Gasteiger partial charge in [0, 0.05) is 24.7 Å². The van der Waals surface area contributed by atoms with Crippen molar-refractivity contribution in [3.8, 4) is 0 Å². The Balaban J connectivity index is 0.000000183. The first-order valence-electron chi connectivity index (χ1n) is 27.6. The molecule has 10 rings (SSSR count). The third-order valence-corrected chi connectivity index (χ3v) is 17.7. The highest BCUT2D eigenvalue weighted by molar-refractivity contribution is 7.95. The van der Waals surface area contributed by atoms with Crippen LogP contribution < -0.4 is 15.9 Å². The monoisotopic (exact) mass is 1070 g/mol. The molecule has 1 atom stereocenters. The number of carbonyl (C=O) groups excluding carboxylic acids is 3. The summed E-state index contributed by atoms with van der Waals surface area (Å²) in [6, 6.07) is 50.9. The van der Waals surface area contributed by atoms with E-state index in [9.17, 15) is 24.6 Å². The molecule has 5 aliphatic carbocycles. The lowest BCUT2D eigenvalue weighted by Crippen LogP contribution is -2.50. The van der Waals surface area contributed by atoms with Gasteiger partial charge in [0.1, 0.15) is 11.9 Å². The van der Waals surface area contributed by atoms with E-state index in [-0.39, 0.29) is 25.2 Å². The van der Waals surface area contributed by atoms with Crippen molar-refractivity contribution in [2.45, 2.75) is 135 Å². The number of rotatable bonds is 17. The normalized spacial score (nSPS) is 15.6. The van der Waals surface area contributed by atoms with Gasteiger partial charge in [-0.1, -0.05) is 181 Å². The van der Waals surface area contributed by atoms with Gasteiger partial charge < -0.3 is 34.3 Å². The Morgan fingerprint density at radius 2 is 0.935 bits per heavy atom. The molecule has 412 valence electrons. The minimum Gasteiger partial charge on any atom is -0.463 e. The maximum atomic E-state index is 12.5. The zero-order chi connectivity index (χ0) is 54.8. The smallest absolute Gasteiger partial charge is 0.331 e. The van der Waals surface area contributed by atoms with Gasteiger partial charge in [0.25, 0.3) is 0 Å². The second-order valence-electron chi connectivity index (χ2n) is 19.5. The second-order valence-corrected chi connectivity index (χ2v) is 22.8. The van der Waals surface area contributed by atoms with Crippen LogP contribution in [0.5, 0.6) is 0 Å². The maximum Gasteiger partial charge on any atom is 0.331 e. The summed E-state index contributed by atoms with van der Waals surface area (Å²) in [7, 11) is 0. The van der Waals surface area contributed by atoms with Crippen molar-refractivity contribution in [1.29, 1.82) is 0 Å². The number of benzene rings is 5. The first-order valence-corrected chi connectivity index (χ1v) is 29.5. The number of Topliss-reactive ketones (excluding diaryl/α,β-unsaturated/α-hetero) is 1. The van der Waals surface area contributed by atoms with Gasteiger partial charge in [0.15, 0.2) is 0 Å². The van der Waals surface area contributed by atoms with E-state index in [4.69, 9.17) is 24.1 Å². The summed E-state index contributed by atoms with van der Waals surface area (Å²) in [6.45, 7) is 4.66. The van der Waals surface area contributed by atoms with Gasteiger partial charge in [-0.15, -0.1) is 0 Å². The van der Waals surface area contributed by atoms with Crippen LogP contribution in [0.2, 0.25) is 0 Å². The Labute approximate surface area is 458 Å². The van der Waals surface area contributed by atoms with Crippen molar-refractivity contribution < 1.29 is 48.7 Å². The van der Waals surface area contributed by atoms with E-state index in [2.05, 4.69) is 54.6 Å². The lowest BCUT2D eigenvalue weighted by Gasteiger charge is -2.40. The summed E-state index contributed by atoms with van der Waals surface area (Å²) < 4.78 is 21.0. The molecule has 5 aliphatic rings. The third-order valence-electron chi connectivity index (χ3n) is 13.8. The van der Waals surface area contributed by atoms with E-state index < -0.39 is 18.6 Å². The van der Waals surface area contributed by atoms with Crippen LogP contribution in [0.3, 0.4) is 0 Å². The predicted molar refractivity (Wildman–Crippen MR) is 313 cm³/mol. The van der Waals surface area contributed by atoms with Crippen LogP contribution in [0.1, 0.15) is 121 Å². The largest absolute Gasteiger partial charge is 0.463 e. The molecule has 1 unspecified atom stereocenters. The lowest BCUT2D eigenvalue weighted by molar-refractivity contribution is -0.148. The van der Waals surface area contributed by atoms with Crippen molar-refractivity contribution in [3.63, 3.8) is 0 Å². The summed E-state index contributed by atoms with van der Waals surface area (Å²) in [4.78, 5) is 33.2. The molecule has 77 heavy (non-hydrogen) atoms. The fourth-order valence-electron chi connectivity index (χ4n) is 8.31. The number of esters is 2. The summed E-state index contributed by atoms with van der Waals surface area (Å²) in [5, 5.41) is 31.3. The number of hydrogen-bond donors (Lipinski definition) is 3. The minimum atomic E-state index is -2.24.